The third-order valence-electron chi connectivity index (χ3n) is 6.97. The molecule has 0 radical (unpaired) electrons. The summed E-state index contributed by atoms with van der Waals surface area (Å²) in [6, 6.07) is 11.8. The summed E-state index contributed by atoms with van der Waals surface area (Å²) in [4.78, 5) is 31.6. The molecule has 0 saturated heterocycles. The smallest absolute Gasteiger partial charge is 0.315 e. The number of ketones is 1. The minimum Gasteiger partial charge on any atom is -0.493 e. The number of Topliss-reactive ketones (excluding diaryl/α,β-unsaturated/α-hetero) is 1. The van der Waals surface area contributed by atoms with Gasteiger partial charge in [-0.2, -0.15) is 0 Å². The molecule has 1 aliphatic heterocycles. The number of methoxy groups -OCH3 is 2. The van der Waals surface area contributed by atoms with E-state index in [1.54, 1.807) is 33.3 Å². The predicted molar refractivity (Wildman–Crippen MR) is 135 cm³/mol. The van der Waals surface area contributed by atoms with Crippen LogP contribution < -0.4 is 9.47 Å². The molecule has 0 fully saturated rings. The van der Waals surface area contributed by atoms with Gasteiger partial charge in [0.25, 0.3) is 0 Å². The van der Waals surface area contributed by atoms with E-state index in [1.165, 1.54) is 12.1 Å². The summed E-state index contributed by atoms with van der Waals surface area (Å²) >= 11 is 0. The van der Waals surface area contributed by atoms with Crippen LogP contribution in [0, 0.1) is 11.7 Å². The van der Waals surface area contributed by atoms with Gasteiger partial charge in [0.2, 0.25) is 0 Å². The van der Waals surface area contributed by atoms with Gasteiger partial charge in [-0.05, 0) is 61.1 Å². The molecule has 0 bridgehead atoms. The highest BCUT2D eigenvalue weighted by Crippen LogP contribution is 2.47. The lowest BCUT2D eigenvalue weighted by Gasteiger charge is -2.36. The highest BCUT2D eigenvalue weighted by atomic mass is 19.1. The van der Waals surface area contributed by atoms with Gasteiger partial charge in [-0.1, -0.05) is 31.5 Å². The number of benzene rings is 2. The second-order valence-corrected chi connectivity index (χ2v) is 9.29. The van der Waals surface area contributed by atoms with E-state index in [2.05, 4.69) is 0 Å². The van der Waals surface area contributed by atoms with Crippen LogP contribution in [0.2, 0.25) is 0 Å². The van der Waals surface area contributed by atoms with Crippen LogP contribution >= 0.6 is 0 Å². The molecule has 0 saturated carbocycles. The first kappa shape index (κ1) is 25.6. The SMILES string of the molecule is CCCCOC(=O)C1C(C)=NC2=C(C(=O)C[C@@H](c3ccc(OC)c(OC)c3)C2)[C@H]1c1cccc(F)c1. The fraction of sp³-hybridized carbons (Fsp3) is 0.414. The molecular weight excluding hydrogens is 461 g/mol. The van der Waals surface area contributed by atoms with E-state index >= 15 is 0 Å². The van der Waals surface area contributed by atoms with Gasteiger partial charge in [0, 0.05) is 29.3 Å². The van der Waals surface area contributed by atoms with Gasteiger partial charge in [-0.15, -0.1) is 0 Å². The van der Waals surface area contributed by atoms with Crippen molar-refractivity contribution in [3.05, 3.63) is 70.7 Å². The quantitative estimate of drug-likeness (QED) is 0.345. The molecule has 1 unspecified atom stereocenters. The molecule has 2 aromatic rings. The lowest BCUT2D eigenvalue weighted by Crippen LogP contribution is -2.38. The molecular formula is C29H32FNO5. The van der Waals surface area contributed by atoms with Crippen molar-refractivity contribution in [2.24, 2.45) is 10.9 Å². The van der Waals surface area contributed by atoms with Crippen molar-refractivity contribution in [3.8, 4) is 11.5 Å². The van der Waals surface area contributed by atoms with E-state index in [1.807, 2.05) is 25.1 Å². The van der Waals surface area contributed by atoms with Crippen LogP contribution in [0.3, 0.4) is 0 Å². The summed E-state index contributed by atoms with van der Waals surface area (Å²) in [6.07, 6.45) is 2.42. The Morgan fingerprint density at radius 1 is 1.06 bits per heavy atom. The van der Waals surface area contributed by atoms with Crippen molar-refractivity contribution in [1.29, 1.82) is 0 Å². The monoisotopic (exact) mass is 493 g/mol. The average molecular weight is 494 g/mol. The Kier molecular flexibility index (Phi) is 7.87. The average Bonchev–Trinajstić information content (AvgIpc) is 2.87. The number of unbranched alkanes of at least 4 members (excludes halogenated alkanes) is 1. The third-order valence-corrected chi connectivity index (χ3v) is 6.97. The third kappa shape index (κ3) is 5.06. The van der Waals surface area contributed by atoms with E-state index in [9.17, 15) is 14.0 Å². The Bertz CT molecular complexity index is 1220. The van der Waals surface area contributed by atoms with Crippen LogP contribution in [-0.4, -0.2) is 38.3 Å². The molecule has 4 rings (SSSR count). The number of halogens is 1. The van der Waals surface area contributed by atoms with Gasteiger partial charge in [0.15, 0.2) is 17.3 Å². The molecule has 6 nitrogen and oxygen atoms in total. The first-order chi connectivity index (χ1) is 17.4. The number of nitrogens with zero attached hydrogens (tertiary/aromatic N) is 1. The first-order valence-electron chi connectivity index (χ1n) is 12.3. The number of hydrogen-bond acceptors (Lipinski definition) is 6. The van der Waals surface area contributed by atoms with E-state index in [0.29, 0.717) is 47.1 Å². The topological polar surface area (TPSA) is 74.2 Å². The van der Waals surface area contributed by atoms with Crippen molar-refractivity contribution in [3.63, 3.8) is 0 Å². The molecule has 0 spiro atoms. The zero-order valence-corrected chi connectivity index (χ0v) is 21.2. The molecule has 0 N–H and O–H groups in total. The minimum absolute atomic E-state index is 0.0899. The molecule has 0 amide bonds. The molecule has 2 aromatic carbocycles. The Morgan fingerprint density at radius 3 is 2.53 bits per heavy atom. The van der Waals surface area contributed by atoms with Crippen molar-refractivity contribution in [2.75, 3.05) is 20.8 Å². The summed E-state index contributed by atoms with van der Waals surface area (Å²) in [5.74, 6) is -1.24. The Labute approximate surface area is 211 Å². The molecule has 190 valence electrons. The number of aliphatic imine (C=N–C) groups is 1. The van der Waals surface area contributed by atoms with E-state index in [4.69, 9.17) is 19.2 Å². The van der Waals surface area contributed by atoms with Crippen LogP contribution in [0.4, 0.5) is 4.39 Å². The summed E-state index contributed by atoms with van der Waals surface area (Å²) in [6.45, 7) is 4.10. The molecule has 3 atom stereocenters. The van der Waals surface area contributed by atoms with Gasteiger partial charge >= 0.3 is 5.97 Å². The number of hydrogen-bond donors (Lipinski definition) is 0. The van der Waals surface area contributed by atoms with Crippen molar-refractivity contribution in [1.82, 2.24) is 0 Å². The fourth-order valence-electron chi connectivity index (χ4n) is 5.17. The molecule has 7 heteroatoms. The summed E-state index contributed by atoms with van der Waals surface area (Å²) in [5, 5.41) is 0. The largest absolute Gasteiger partial charge is 0.493 e. The van der Waals surface area contributed by atoms with Gasteiger partial charge in [0.1, 0.15) is 11.7 Å². The van der Waals surface area contributed by atoms with Crippen LogP contribution in [0.5, 0.6) is 11.5 Å². The number of carbonyl (C=O) groups is 2. The Morgan fingerprint density at radius 2 is 1.83 bits per heavy atom. The van der Waals surface area contributed by atoms with Crippen LogP contribution in [0.25, 0.3) is 0 Å². The summed E-state index contributed by atoms with van der Waals surface area (Å²) < 4.78 is 30.6. The van der Waals surface area contributed by atoms with Crippen molar-refractivity contribution in [2.45, 2.75) is 51.4 Å². The second-order valence-electron chi connectivity index (χ2n) is 9.29. The lowest BCUT2D eigenvalue weighted by atomic mass is 9.69. The zero-order valence-electron chi connectivity index (χ0n) is 21.2. The Hall–Kier alpha value is -3.48. The molecule has 1 heterocycles. The van der Waals surface area contributed by atoms with E-state index in [-0.39, 0.29) is 18.1 Å². The lowest BCUT2D eigenvalue weighted by molar-refractivity contribution is -0.146. The highest BCUT2D eigenvalue weighted by Gasteiger charge is 2.45. The molecule has 36 heavy (non-hydrogen) atoms. The van der Waals surface area contributed by atoms with Gasteiger partial charge in [-0.3, -0.25) is 14.6 Å². The number of allylic oxidation sites excluding steroid dienone is 2. The van der Waals surface area contributed by atoms with E-state index < -0.39 is 23.6 Å². The molecule has 1 aliphatic carbocycles. The van der Waals surface area contributed by atoms with Crippen molar-refractivity contribution >= 4 is 17.5 Å². The van der Waals surface area contributed by atoms with Crippen LogP contribution in [0.1, 0.15) is 62.5 Å². The molecule has 0 aromatic heterocycles. The zero-order chi connectivity index (χ0) is 25.8. The summed E-state index contributed by atoms with van der Waals surface area (Å²) in [7, 11) is 3.15. The maximum Gasteiger partial charge on any atom is 0.315 e. The Balaban J connectivity index is 1.74. The number of ether oxygens (including phenoxy) is 3. The second kappa shape index (κ2) is 11.1. The summed E-state index contributed by atoms with van der Waals surface area (Å²) in [5.41, 5.74) is 3.23. The first-order valence-corrected chi connectivity index (χ1v) is 12.3. The van der Waals surface area contributed by atoms with Gasteiger partial charge in [0.05, 0.1) is 20.8 Å². The minimum atomic E-state index is -0.774. The van der Waals surface area contributed by atoms with Gasteiger partial charge < -0.3 is 14.2 Å². The van der Waals surface area contributed by atoms with E-state index in [0.717, 1.165) is 18.4 Å². The van der Waals surface area contributed by atoms with Crippen molar-refractivity contribution < 1.29 is 28.2 Å². The number of rotatable bonds is 8. The standard InChI is InChI=1S/C29H32FNO5/c1-5-6-12-36-29(33)26-17(2)31-22-14-20(18-10-11-24(34-3)25(16-18)35-4)15-23(32)28(22)27(26)19-8-7-9-21(30)13-19/h7-11,13,16,20,26-27H,5-6,12,14-15H2,1-4H3/t20-,26?,27-/m0/s1. The fourth-order valence-corrected chi connectivity index (χ4v) is 5.17. The van der Waals surface area contributed by atoms with Crippen LogP contribution in [-0.2, 0) is 14.3 Å². The maximum atomic E-state index is 14.3. The number of esters is 1. The normalized spacial score (nSPS) is 21.5. The predicted octanol–water partition coefficient (Wildman–Crippen LogP) is 5.76. The van der Waals surface area contributed by atoms with Crippen LogP contribution in [0.15, 0.2) is 58.7 Å². The highest BCUT2D eigenvalue weighted by molar-refractivity contribution is 6.09. The maximum absolute atomic E-state index is 14.3. The molecule has 2 aliphatic rings. The number of carbonyl (C=O) groups excluding carboxylic acids is 2. The van der Waals surface area contributed by atoms with Gasteiger partial charge in [-0.25, -0.2) is 4.39 Å².